The van der Waals surface area contributed by atoms with Crippen molar-refractivity contribution in [2.45, 2.75) is 6.42 Å². The Balaban J connectivity index is 2.37. The molecule has 82 valence electrons. The third kappa shape index (κ3) is 2.12. The molecule has 0 amide bonds. The summed E-state index contributed by atoms with van der Waals surface area (Å²) in [7, 11) is 0. The van der Waals surface area contributed by atoms with Crippen molar-refractivity contribution in [2.75, 3.05) is 11.6 Å². The molecule has 0 saturated carbocycles. The Morgan fingerprint density at radius 1 is 1.60 bits per heavy atom. The number of nitrogens with zero attached hydrogens (tertiary/aromatic N) is 1. The van der Waals surface area contributed by atoms with E-state index in [1.54, 1.807) is 6.07 Å². The zero-order chi connectivity index (χ0) is 11.0. The Bertz CT molecular complexity index is 429. The number of hydrogen-bond donors (Lipinski definition) is 1. The second-order valence-electron chi connectivity index (χ2n) is 3.12. The van der Waals surface area contributed by atoms with Gasteiger partial charge in [-0.05, 0) is 24.1 Å². The zero-order valence-corrected chi connectivity index (χ0v) is 9.07. The van der Waals surface area contributed by atoms with Gasteiger partial charge in [-0.1, -0.05) is 11.6 Å². The summed E-state index contributed by atoms with van der Waals surface area (Å²) in [6.45, 7) is 0.403. The van der Waals surface area contributed by atoms with Gasteiger partial charge in [0.15, 0.2) is 0 Å². The number of nitrogens with one attached hydrogen (secondary N) is 1. The van der Waals surface area contributed by atoms with Crippen LogP contribution in [-0.2, 0) is 17.7 Å². The lowest BCUT2D eigenvalue weighted by atomic mass is 10.1. The predicted molar refractivity (Wildman–Crippen MR) is 54.5 cm³/mol. The van der Waals surface area contributed by atoms with Gasteiger partial charge in [-0.2, -0.15) is 4.83 Å². The van der Waals surface area contributed by atoms with Crippen molar-refractivity contribution >= 4 is 28.6 Å². The van der Waals surface area contributed by atoms with E-state index in [9.17, 15) is 13.2 Å². The standard InChI is InChI=1S/C8H8ClFN2O2S/c9-6-3-5-1-2-12(11-15(13)14)8(5)7(10)4-6/h3-4,11H,1-2H2,(H,13,14)/p-1. The second kappa shape index (κ2) is 4.05. The SMILES string of the molecule is O=S([O-])NN1CCc2cc(Cl)cc(F)c21. The van der Waals surface area contributed by atoms with Crippen LogP contribution in [0.25, 0.3) is 0 Å². The molecule has 15 heavy (non-hydrogen) atoms. The zero-order valence-electron chi connectivity index (χ0n) is 7.50. The van der Waals surface area contributed by atoms with Crippen molar-refractivity contribution in [3.8, 4) is 0 Å². The van der Waals surface area contributed by atoms with Gasteiger partial charge in [-0.25, -0.2) is 4.39 Å². The monoisotopic (exact) mass is 249 g/mol. The van der Waals surface area contributed by atoms with Gasteiger partial charge < -0.3 is 4.55 Å². The van der Waals surface area contributed by atoms with Crippen LogP contribution < -0.4 is 9.84 Å². The summed E-state index contributed by atoms with van der Waals surface area (Å²) in [4.78, 5) is 2.13. The number of rotatable bonds is 2. The van der Waals surface area contributed by atoms with Crippen LogP contribution in [0, 0.1) is 5.82 Å². The lowest BCUT2D eigenvalue weighted by Gasteiger charge is -2.21. The Morgan fingerprint density at radius 3 is 3.00 bits per heavy atom. The molecular formula is C8H7ClFN2O2S-. The highest BCUT2D eigenvalue weighted by Gasteiger charge is 2.23. The molecule has 2 rings (SSSR count). The third-order valence-electron chi connectivity index (χ3n) is 2.17. The number of benzene rings is 1. The van der Waals surface area contributed by atoms with E-state index in [0.29, 0.717) is 23.6 Å². The fraction of sp³-hybridized carbons (Fsp3) is 0.250. The maximum atomic E-state index is 13.5. The smallest absolute Gasteiger partial charge is 0.149 e. The van der Waals surface area contributed by atoms with E-state index in [2.05, 4.69) is 4.83 Å². The van der Waals surface area contributed by atoms with E-state index >= 15 is 0 Å². The summed E-state index contributed by atoms with van der Waals surface area (Å²) < 4.78 is 34.4. The molecule has 1 aromatic carbocycles. The summed E-state index contributed by atoms with van der Waals surface area (Å²) in [6, 6.07) is 2.80. The first-order valence-corrected chi connectivity index (χ1v) is 5.64. The predicted octanol–water partition coefficient (Wildman–Crippen LogP) is 1.14. The Hall–Kier alpha value is -0.690. The molecule has 1 unspecified atom stereocenters. The van der Waals surface area contributed by atoms with E-state index in [0.717, 1.165) is 6.07 Å². The van der Waals surface area contributed by atoms with E-state index in [-0.39, 0.29) is 5.69 Å². The van der Waals surface area contributed by atoms with Crippen LogP contribution in [0.5, 0.6) is 0 Å². The van der Waals surface area contributed by atoms with Gasteiger partial charge in [0.1, 0.15) is 5.82 Å². The van der Waals surface area contributed by atoms with Gasteiger partial charge in [0, 0.05) is 22.8 Å². The number of halogens is 2. The molecule has 0 fully saturated rings. The summed E-state index contributed by atoms with van der Waals surface area (Å²) in [5.41, 5.74) is 0.960. The van der Waals surface area contributed by atoms with Crippen LogP contribution in [0.2, 0.25) is 5.02 Å². The molecule has 0 bridgehead atoms. The van der Waals surface area contributed by atoms with E-state index in [1.165, 1.54) is 5.01 Å². The van der Waals surface area contributed by atoms with Crippen molar-refractivity contribution in [3.63, 3.8) is 0 Å². The largest absolute Gasteiger partial charge is 0.759 e. The summed E-state index contributed by atoms with van der Waals surface area (Å²) in [6.07, 6.45) is 0.566. The van der Waals surface area contributed by atoms with E-state index in [1.807, 2.05) is 0 Å². The molecule has 4 nitrogen and oxygen atoms in total. The molecule has 0 aliphatic carbocycles. The molecule has 7 heteroatoms. The maximum Gasteiger partial charge on any atom is 0.149 e. The highest BCUT2D eigenvalue weighted by Crippen LogP contribution is 2.32. The van der Waals surface area contributed by atoms with Gasteiger partial charge in [0.05, 0.1) is 5.69 Å². The van der Waals surface area contributed by atoms with Crippen LogP contribution in [-0.4, -0.2) is 15.3 Å². The Kier molecular flexibility index (Phi) is 2.92. The van der Waals surface area contributed by atoms with Gasteiger partial charge in [-0.3, -0.25) is 9.22 Å². The summed E-state index contributed by atoms with van der Waals surface area (Å²) in [5, 5.41) is 1.57. The fourth-order valence-corrected chi connectivity index (χ4v) is 2.23. The number of hydrogen-bond acceptors (Lipinski definition) is 3. The first-order valence-electron chi connectivity index (χ1n) is 4.19. The molecule has 0 radical (unpaired) electrons. The van der Waals surface area contributed by atoms with Gasteiger partial charge >= 0.3 is 0 Å². The highest BCUT2D eigenvalue weighted by atomic mass is 35.5. The molecule has 0 saturated heterocycles. The first-order chi connectivity index (χ1) is 7.08. The Morgan fingerprint density at radius 2 is 2.33 bits per heavy atom. The average molecular weight is 250 g/mol. The number of fused-ring (bicyclic) bond motifs is 1. The minimum atomic E-state index is -2.45. The van der Waals surface area contributed by atoms with Crippen LogP contribution in [0.4, 0.5) is 10.1 Å². The van der Waals surface area contributed by atoms with Crippen molar-refractivity contribution < 1.29 is 13.2 Å². The first kappa shape index (κ1) is 10.8. The highest BCUT2D eigenvalue weighted by molar-refractivity contribution is 7.77. The Labute approximate surface area is 93.4 Å². The molecule has 0 aromatic heterocycles. The van der Waals surface area contributed by atoms with E-state index < -0.39 is 17.1 Å². The van der Waals surface area contributed by atoms with Crippen molar-refractivity contribution in [1.29, 1.82) is 0 Å². The molecule has 1 aliphatic rings. The summed E-state index contributed by atoms with van der Waals surface area (Å²) >= 11 is 3.23. The van der Waals surface area contributed by atoms with Crippen molar-refractivity contribution in [3.05, 3.63) is 28.5 Å². The lowest BCUT2D eigenvalue weighted by Crippen LogP contribution is -2.38. The molecule has 1 aromatic rings. The number of hydrazine groups is 1. The molecule has 1 N–H and O–H groups in total. The molecular weight excluding hydrogens is 243 g/mol. The second-order valence-corrected chi connectivity index (χ2v) is 4.21. The quantitative estimate of drug-likeness (QED) is 0.800. The number of anilines is 1. The van der Waals surface area contributed by atoms with Gasteiger partial charge in [0.2, 0.25) is 0 Å². The van der Waals surface area contributed by atoms with Crippen LogP contribution in [0.15, 0.2) is 12.1 Å². The molecule has 1 heterocycles. The summed E-state index contributed by atoms with van der Waals surface area (Å²) in [5.74, 6) is -0.520. The molecule has 0 spiro atoms. The minimum absolute atomic E-state index is 0.253. The van der Waals surface area contributed by atoms with Crippen molar-refractivity contribution in [2.24, 2.45) is 0 Å². The lowest BCUT2D eigenvalue weighted by molar-refractivity contribution is 0.518. The normalized spacial score (nSPS) is 16.6. The van der Waals surface area contributed by atoms with Gasteiger partial charge in [-0.15, -0.1) is 0 Å². The topological polar surface area (TPSA) is 55.4 Å². The van der Waals surface area contributed by atoms with Crippen LogP contribution >= 0.6 is 11.6 Å². The van der Waals surface area contributed by atoms with Gasteiger partial charge in [0.25, 0.3) is 0 Å². The van der Waals surface area contributed by atoms with Crippen molar-refractivity contribution in [1.82, 2.24) is 4.83 Å². The van der Waals surface area contributed by atoms with Crippen LogP contribution in [0.3, 0.4) is 0 Å². The van der Waals surface area contributed by atoms with E-state index in [4.69, 9.17) is 11.6 Å². The van der Waals surface area contributed by atoms with Crippen LogP contribution in [0.1, 0.15) is 5.56 Å². The molecule has 1 atom stereocenters. The molecule has 1 aliphatic heterocycles. The maximum absolute atomic E-state index is 13.5. The minimum Gasteiger partial charge on any atom is -0.759 e. The average Bonchev–Trinajstić information content (AvgIpc) is 2.46. The third-order valence-corrected chi connectivity index (χ3v) is 2.75. The fourth-order valence-electron chi connectivity index (χ4n) is 1.64.